The number of aryl methyl sites for hydroxylation is 1. The number of nitriles is 1. The van der Waals surface area contributed by atoms with E-state index in [9.17, 15) is 23.2 Å². The topological polar surface area (TPSA) is 98.9 Å². The van der Waals surface area contributed by atoms with E-state index < -0.39 is 12.6 Å². The lowest BCUT2D eigenvalue weighted by Gasteiger charge is -2.71. The zero-order valence-corrected chi connectivity index (χ0v) is 28.7. The average Bonchev–Trinajstić information content (AvgIpc) is 3.57. The molecule has 4 fully saturated rings. The van der Waals surface area contributed by atoms with Crippen LogP contribution in [0.15, 0.2) is 30.6 Å². The number of thiophene rings is 1. The third kappa shape index (κ3) is 6.15. The molecule has 0 spiro atoms. The van der Waals surface area contributed by atoms with Crippen molar-refractivity contribution in [1.82, 2.24) is 24.8 Å². The molecular formula is C36H42F3N7OS. The Kier molecular flexibility index (Phi) is 8.22. The summed E-state index contributed by atoms with van der Waals surface area (Å²) in [5.74, 6) is 1.07. The van der Waals surface area contributed by atoms with Crippen molar-refractivity contribution in [2.45, 2.75) is 97.1 Å². The van der Waals surface area contributed by atoms with E-state index in [0.29, 0.717) is 27.6 Å². The highest BCUT2D eigenvalue weighted by Crippen LogP contribution is 2.68. The highest BCUT2D eigenvalue weighted by Gasteiger charge is 2.68. The number of carbonyl (C=O) groups is 1. The molecule has 1 unspecified atom stereocenters. The summed E-state index contributed by atoms with van der Waals surface area (Å²) in [4.78, 5) is 24.5. The lowest BCUT2D eigenvalue weighted by atomic mass is 9.39. The number of piperidine rings is 1. The summed E-state index contributed by atoms with van der Waals surface area (Å²) in [6.07, 6.45) is 0.889. The maximum Gasteiger partial charge on any atom is 0.393 e. The second-order valence-corrected chi connectivity index (χ2v) is 16.1. The van der Waals surface area contributed by atoms with Crippen molar-refractivity contribution >= 4 is 44.2 Å². The number of halogens is 3. The molecule has 3 saturated carbocycles. The Morgan fingerprint density at radius 1 is 1.12 bits per heavy atom. The Balaban J connectivity index is 0.973. The maximum atomic E-state index is 13.0. The molecule has 4 aliphatic rings. The van der Waals surface area contributed by atoms with Gasteiger partial charge in [-0.15, -0.1) is 11.3 Å². The number of amides is 1. The third-order valence-electron chi connectivity index (χ3n) is 11.1. The van der Waals surface area contributed by atoms with E-state index >= 15 is 0 Å². The van der Waals surface area contributed by atoms with Gasteiger partial charge in [-0.1, -0.05) is 26.8 Å². The molecule has 48 heavy (non-hydrogen) atoms. The van der Waals surface area contributed by atoms with Crippen LogP contribution in [0.3, 0.4) is 0 Å². The van der Waals surface area contributed by atoms with Gasteiger partial charge in [-0.2, -0.15) is 18.4 Å². The number of alkyl halides is 3. The van der Waals surface area contributed by atoms with Crippen molar-refractivity contribution in [3.8, 4) is 6.07 Å². The fourth-order valence-electron chi connectivity index (χ4n) is 8.24. The van der Waals surface area contributed by atoms with Crippen LogP contribution in [0, 0.1) is 35.5 Å². The zero-order valence-electron chi connectivity index (χ0n) is 27.9. The van der Waals surface area contributed by atoms with Crippen LogP contribution in [0.2, 0.25) is 0 Å². The first-order valence-corrected chi connectivity index (χ1v) is 17.7. The van der Waals surface area contributed by atoms with E-state index in [1.807, 2.05) is 13.0 Å². The van der Waals surface area contributed by atoms with Gasteiger partial charge in [0.25, 0.3) is 0 Å². The van der Waals surface area contributed by atoms with Crippen LogP contribution in [-0.4, -0.2) is 56.2 Å². The second kappa shape index (κ2) is 12.0. The fourth-order valence-corrected chi connectivity index (χ4v) is 9.27. The highest BCUT2D eigenvalue weighted by atomic mass is 32.1. The molecule has 3 aromatic heterocycles. The number of carbonyl (C=O) groups excluding carboxylic acids is 1. The lowest BCUT2D eigenvalue weighted by molar-refractivity contribution is -0.173. The summed E-state index contributed by atoms with van der Waals surface area (Å²) < 4.78 is 41.1. The number of likely N-dealkylation sites (tertiary alicyclic amines) is 1. The van der Waals surface area contributed by atoms with E-state index in [4.69, 9.17) is 0 Å². The number of rotatable bonds is 10. The van der Waals surface area contributed by atoms with Gasteiger partial charge in [0.2, 0.25) is 5.91 Å². The summed E-state index contributed by atoms with van der Waals surface area (Å²) in [5, 5.41) is 18.6. The minimum absolute atomic E-state index is 0.00148. The van der Waals surface area contributed by atoms with E-state index in [1.54, 1.807) is 6.07 Å². The SMILES string of the molecule is Cc1c(CN2CCC(Nc3ncnc4sc(CC(F)(F)F)cc34)CC2)ccc2c1cc(C#N)n2CC12CC(NC(=O)C(C)C(C)C)(C1)C2. The van der Waals surface area contributed by atoms with Crippen molar-refractivity contribution < 1.29 is 18.0 Å². The first-order chi connectivity index (χ1) is 22.8. The van der Waals surface area contributed by atoms with Gasteiger partial charge in [0.15, 0.2) is 0 Å². The number of benzene rings is 1. The predicted molar refractivity (Wildman–Crippen MR) is 182 cm³/mol. The number of aromatic nitrogens is 3. The molecule has 0 radical (unpaired) electrons. The quantitative estimate of drug-likeness (QED) is 0.182. The van der Waals surface area contributed by atoms with Crippen LogP contribution in [0.5, 0.6) is 0 Å². The van der Waals surface area contributed by atoms with Gasteiger partial charge in [0.05, 0.1) is 11.8 Å². The van der Waals surface area contributed by atoms with Crippen LogP contribution in [0.25, 0.3) is 21.1 Å². The molecule has 8 nitrogen and oxygen atoms in total. The number of nitrogens with one attached hydrogen (secondary N) is 2. The Labute approximate surface area is 282 Å². The highest BCUT2D eigenvalue weighted by molar-refractivity contribution is 7.18. The number of hydrogen-bond acceptors (Lipinski definition) is 7. The first-order valence-electron chi connectivity index (χ1n) is 16.9. The zero-order chi connectivity index (χ0) is 34.0. The van der Waals surface area contributed by atoms with Crippen molar-refractivity contribution in [3.63, 3.8) is 0 Å². The standard InChI is InChI=1S/C36H42F3N7OS/c1-21(2)22(3)32(47)44-35-16-34(17-35,18-35)19-46-26(14-40)11-28-23(4)24(5-6-30(28)46)15-45-9-7-25(8-10-45)43-31-29-12-27(13-36(37,38)39)48-33(29)42-20-41-31/h5-6,11-12,20-22,25H,7-10,13,15-19H2,1-4H3,(H,44,47)(H,41,42,43). The number of nitrogens with zero attached hydrogens (tertiary/aromatic N) is 5. The smallest absolute Gasteiger partial charge is 0.367 e. The van der Waals surface area contributed by atoms with Crippen LogP contribution in [-0.2, 0) is 24.3 Å². The van der Waals surface area contributed by atoms with Gasteiger partial charge in [-0.05, 0) is 79.7 Å². The minimum atomic E-state index is -4.26. The molecule has 8 rings (SSSR count). The molecule has 1 aromatic carbocycles. The number of anilines is 1. The Morgan fingerprint density at radius 2 is 1.85 bits per heavy atom. The summed E-state index contributed by atoms with van der Waals surface area (Å²) in [6.45, 7) is 11.7. The van der Waals surface area contributed by atoms with Crippen molar-refractivity contribution in [2.24, 2.45) is 17.3 Å². The Hall–Kier alpha value is -3.69. The molecular weight excluding hydrogens is 636 g/mol. The predicted octanol–water partition coefficient (Wildman–Crippen LogP) is 7.34. The third-order valence-corrected chi connectivity index (χ3v) is 12.1. The van der Waals surface area contributed by atoms with Gasteiger partial charge in [0.1, 0.15) is 28.7 Å². The molecule has 1 atom stereocenters. The minimum Gasteiger partial charge on any atom is -0.367 e. The molecule has 4 aromatic rings. The van der Waals surface area contributed by atoms with Crippen molar-refractivity contribution in [3.05, 3.63) is 52.3 Å². The van der Waals surface area contributed by atoms with Gasteiger partial charge in [-0.3, -0.25) is 9.69 Å². The average molecular weight is 678 g/mol. The van der Waals surface area contributed by atoms with Crippen LogP contribution in [0.4, 0.5) is 19.0 Å². The monoisotopic (exact) mass is 677 g/mol. The fraction of sp³-hybridized carbons (Fsp3) is 0.556. The van der Waals surface area contributed by atoms with Crippen LogP contribution >= 0.6 is 11.3 Å². The Morgan fingerprint density at radius 3 is 2.52 bits per heavy atom. The second-order valence-electron chi connectivity index (χ2n) is 15.0. The van der Waals surface area contributed by atoms with E-state index in [1.165, 1.54) is 17.5 Å². The summed E-state index contributed by atoms with van der Waals surface area (Å²) in [6, 6.07) is 10.6. The molecule has 4 heterocycles. The number of hydrogen-bond donors (Lipinski definition) is 2. The normalized spacial score (nSPS) is 23.6. The molecule has 2 N–H and O–H groups in total. The molecule has 12 heteroatoms. The Bertz CT molecular complexity index is 1890. The van der Waals surface area contributed by atoms with Gasteiger partial charge < -0.3 is 15.2 Å². The molecule has 1 aliphatic heterocycles. The van der Waals surface area contributed by atoms with Crippen molar-refractivity contribution in [1.29, 1.82) is 5.26 Å². The molecule has 3 aliphatic carbocycles. The van der Waals surface area contributed by atoms with Gasteiger partial charge >= 0.3 is 6.18 Å². The number of fused-ring (bicyclic) bond motifs is 2. The molecule has 1 amide bonds. The largest absolute Gasteiger partial charge is 0.393 e. The van der Waals surface area contributed by atoms with Gasteiger partial charge in [-0.25, -0.2) is 9.97 Å². The van der Waals surface area contributed by atoms with E-state index in [0.717, 1.165) is 80.5 Å². The van der Waals surface area contributed by atoms with E-state index in [2.05, 4.69) is 69.0 Å². The summed E-state index contributed by atoms with van der Waals surface area (Å²) in [7, 11) is 0. The van der Waals surface area contributed by atoms with E-state index in [-0.39, 0.29) is 33.7 Å². The molecule has 1 saturated heterocycles. The first kappa shape index (κ1) is 32.8. The lowest BCUT2D eigenvalue weighted by Crippen LogP contribution is -2.76. The summed E-state index contributed by atoms with van der Waals surface area (Å²) >= 11 is 1.07. The maximum absolute atomic E-state index is 13.0. The van der Waals surface area contributed by atoms with Gasteiger partial charge in [0, 0.05) is 59.5 Å². The molecule has 254 valence electrons. The van der Waals surface area contributed by atoms with Crippen LogP contribution < -0.4 is 10.6 Å². The van der Waals surface area contributed by atoms with Crippen molar-refractivity contribution in [2.75, 3.05) is 18.4 Å². The summed E-state index contributed by atoms with van der Waals surface area (Å²) in [5.41, 5.74) is 4.30. The molecule has 2 bridgehead atoms. The van der Waals surface area contributed by atoms with Crippen LogP contribution in [0.1, 0.15) is 74.6 Å².